The molecule has 0 bridgehead atoms. The van der Waals surface area contributed by atoms with Gasteiger partial charge in [0.1, 0.15) is 0 Å². The Labute approximate surface area is 140 Å². The van der Waals surface area contributed by atoms with Gasteiger partial charge < -0.3 is 13.9 Å². The van der Waals surface area contributed by atoms with E-state index >= 15 is 0 Å². The van der Waals surface area contributed by atoms with E-state index in [1.165, 1.54) is 11.8 Å². The topological polar surface area (TPSA) is 93.6 Å². The Morgan fingerprint density at radius 3 is 3.04 bits per heavy atom. The first-order valence-corrected chi connectivity index (χ1v) is 8.70. The fraction of sp³-hybridized carbons (Fsp3) is 0.250. The van der Waals surface area contributed by atoms with Crippen molar-refractivity contribution in [3.05, 3.63) is 42.2 Å². The van der Waals surface area contributed by atoms with Crippen LogP contribution in [0, 0.1) is 0 Å². The van der Waals surface area contributed by atoms with Gasteiger partial charge in [0.2, 0.25) is 5.89 Å². The van der Waals surface area contributed by atoms with Crippen molar-refractivity contribution in [3.8, 4) is 11.5 Å². The number of nitrogens with one attached hydrogen (secondary N) is 1. The molecule has 3 heterocycles. The van der Waals surface area contributed by atoms with Gasteiger partial charge in [0.25, 0.3) is 11.1 Å². The number of H-pyrrole nitrogens is 1. The lowest BCUT2D eigenvalue weighted by Crippen LogP contribution is -1.85. The molecular formula is C16H13N5O2S. The van der Waals surface area contributed by atoms with Crippen molar-refractivity contribution >= 4 is 22.7 Å². The zero-order valence-electron chi connectivity index (χ0n) is 12.6. The summed E-state index contributed by atoms with van der Waals surface area (Å²) in [5, 5.41) is 13.8. The third-order valence-electron chi connectivity index (χ3n) is 3.96. The predicted octanol–water partition coefficient (Wildman–Crippen LogP) is 3.77. The van der Waals surface area contributed by atoms with Gasteiger partial charge in [0.05, 0.1) is 11.3 Å². The van der Waals surface area contributed by atoms with Gasteiger partial charge in [0.15, 0.2) is 5.82 Å². The van der Waals surface area contributed by atoms with E-state index in [1.807, 2.05) is 30.5 Å². The molecule has 4 aromatic rings. The largest absolute Gasteiger partial charge is 0.411 e. The van der Waals surface area contributed by atoms with Gasteiger partial charge >= 0.3 is 0 Å². The summed E-state index contributed by atoms with van der Waals surface area (Å²) >= 11 is 1.41. The molecule has 0 saturated heterocycles. The zero-order chi connectivity index (χ0) is 15.9. The number of benzene rings is 1. The van der Waals surface area contributed by atoms with Gasteiger partial charge in [-0.05, 0) is 18.9 Å². The second kappa shape index (κ2) is 5.48. The fourth-order valence-corrected chi connectivity index (χ4v) is 3.18. The molecule has 0 aliphatic heterocycles. The van der Waals surface area contributed by atoms with E-state index in [-0.39, 0.29) is 0 Å². The molecule has 0 unspecified atom stereocenters. The molecule has 3 aromatic heterocycles. The third-order valence-corrected chi connectivity index (χ3v) is 4.78. The molecule has 0 atom stereocenters. The Kier molecular flexibility index (Phi) is 3.15. The predicted molar refractivity (Wildman–Crippen MR) is 87.4 cm³/mol. The van der Waals surface area contributed by atoms with Crippen LogP contribution in [0.4, 0.5) is 0 Å². The molecule has 7 nitrogen and oxygen atoms in total. The van der Waals surface area contributed by atoms with Crippen LogP contribution in [0.15, 0.2) is 44.6 Å². The lowest BCUT2D eigenvalue weighted by atomic mass is 10.2. The normalized spacial score (nSPS) is 14.5. The van der Waals surface area contributed by atoms with Gasteiger partial charge in [-0.25, -0.2) is 0 Å². The number of aromatic nitrogens is 5. The molecule has 8 heteroatoms. The fourth-order valence-electron chi connectivity index (χ4n) is 2.57. The Balaban J connectivity index is 1.33. The molecular weight excluding hydrogens is 326 g/mol. The van der Waals surface area contributed by atoms with E-state index in [1.54, 1.807) is 0 Å². The zero-order valence-corrected chi connectivity index (χ0v) is 13.4. The van der Waals surface area contributed by atoms with Crippen LogP contribution in [0.25, 0.3) is 22.4 Å². The minimum absolute atomic E-state index is 0.466. The summed E-state index contributed by atoms with van der Waals surface area (Å²) in [5.74, 6) is 2.92. The first-order valence-electron chi connectivity index (χ1n) is 7.72. The summed E-state index contributed by atoms with van der Waals surface area (Å²) in [5.41, 5.74) is 1.94. The van der Waals surface area contributed by atoms with Gasteiger partial charge in [-0.2, -0.15) is 4.98 Å². The van der Waals surface area contributed by atoms with Crippen molar-refractivity contribution in [1.82, 2.24) is 25.3 Å². The standard InChI is InChI=1S/C16H13N5O2S/c1-2-4-12-10(3-1)11(7-17-12)15-19-20-16(22-15)24-8-13-18-14(23-21-13)9-5-6-9/h1-4,7,9,17H,5-6,8H2. The number of hydrogen-bond acceptors (Lipinski definition) is 7. The Morgan fingerprint density at radius 1 is 1.21 bits per heavy atom. The third kappa shape index (κ3) is 2.48. The lowest BCUT2D eigenvalue weighted by molar-refractivity contribution is 0.375. The molecule has 1 saturated carbocycles. The van der Waals surface area contributed by atoms with E-state index in [2.05, 4.69) is 25.3 Å². The first-order chi connectivity index (χ1) is 11.9. The molecule has 1 fully saturated rings. The van der Waals surface area contributed by atoms with Crippen molar-refractivity contribution < 1.29 is 8.94 Å². The van der Waals surface area contributed by atoms with E-state index in [0.717, 1.165) is 35.2 Å². The molecule has 24 heavy (non-hydrogen) atoms. The van der Waals surface area contributed by atoms with E-state index in [9.17, 15) is 0 Å². The summed E-state index contributed by atoms with van der Waals surface area (Å²) in [6.07, 6.45) is 4.17. The molecule has 1 aliphatic carbocycles. The molecule has 1 N–H and O–H groups in total. The Morgan fingerprint density at radius 2 is 2.12 bits per heavy atom. The van der Waals surface area contributed by atoms with Crippen LogP contribution in [0.1, 0.15) is 30.5 Å². The monoisotopic (exact) mass is 339 g/mol. The maximum Gasteiger partial charge on any atom is 0.277 e. The van der Waals surface area contributed by atoms with E-state index < -0.39 is 0 Å². The van der Waals surface area contributed by atoms with E-state index in [0.29, 0.717) is 28.6 Å². The molecule has 0 amide bonds. The highest BCUT2D eigenvalue weighted by Gasteiger charge is 2.29. The van der Waals surface area contributed by atoms with Crippen LogP contribution in [-0.4, -0.2) is 25.3 Å². The quantitative estimate of drug-likeness (QED) is 0.553. The maximum absolute atomic E-state index is 5.76. The highest BCUT2D eigenvalue weighted by atomic mass is 32.2. The van der Waals surface area contributed by atoms with Crippen molar-refractivity contribution in [2.45, 2.75) is 29.7 Å². The number of aromatic amines is 1. The summed E-state index contributed by atoms with van der Waals surface area (Å²) in [6, 6.07) is 8.01. The minimum Gasteiger partial charge on any atom is -0.411 e. The van der Waals surface area contributed by atoms with Crippen molar-refractivity contribution in [2.75, 3.05) is 0 Å². The average Bonchev–Trinajstić information content (AvgIpc) is 3.03. The van der Waals surface area contributed by atoms with Gasteiger partial charge in [-0.15, -0.1) is 10.2 Å². The highest BCUT2D eigenvalue weighted by molar-refractivity contribution is 7.98. The summed E-state index contributed by atoms with van der Waals surface area (Å²) < 4.78 is 11.0. The highest BCUT2D eigenvalue weighted by Crippen LogP contribution is 2.39. The van der Waals surface area contributed by atoms with Crippen LogP contribution in [0.5, 0.6) is 0 Å². The Hall–Kier alpha value is -2.61. The number of para-hydroxylation sites is 1. The molecule has 0 radical (unpaired) electrons. The van der Waals surface area contributed by atoms with Crippen molar-refractivity contribution in [1.29, 1.82) is 0 Å². The van der Waals surface area contributed by atoms with E-state index in [4.69, 9.17) is 8.94 Å². The van der Waals surface area contributed by atoms with Gasteiger partial charge in [-0.3, -0.25) is 0 Å². The van der Waals surface area contributed by atoms with Crippen LogP contribution >= 0.6 is 11.8 Å². The van der Waals surface area contributed by atoms with Gasteiger partial charge in [-0.1, -0.05) is 35.1 Å². The van der Waals surface area contributed by atoms with Crippen LogP contribution in [0.2, 0.25) is 0 Å². The lowest BCUT2D eigenvalue weighted by Gasteiger charge is -1.92. The van der Waals surface area contributed by atoms with Crippen LogP contribution in [0.3, 0.4) is 0 Å². The molecule has 120 valence electrons. The van der Waals surface area contributed by atoms with Crippen LogP contribution in [-0.2, 0) is 5.75 Å². The maximum atomic E-state index is 5.76. The molecule has 1 aliphatic rings. The van der Waals surface area contributed by atoms with Crippen molar-refractivity contribution in [3.63, 3.8) is 0 Å². The summed E-state index contributed by atoms with van der Waals surface area (Å²) in [4.78, 5) is 7.60. The number of rotatable bonds is 5. The second-order valence-electron chi connectivity index (χ2n) is 5.73. The van der Waals surface area contributed by atoms with Crippen molar-refractivity contribution in [2.24, 2.45) is 0 Å². The summed E-state index contributed by atoms with van der Waals surface area (Å²) in [6.45, 7) is 0. The Bertz CT molecular complexity index is 1000. The molecule has 0 spiro atoms. The molecule has 1 aromatic carbocycles. The number of thioether (sulfide) groups is 1. The first kappa shape index (κ1) is 13.8. The minimum atomic E-state index is 0.466. The number of hydrogen-bond donors (Lipinski definition) is 1. The average molecular weight is 339 g/mol. The number of fused-ring (bicyclic) bond motifs is 1. The number of nitrogens with zero attached hydrogens (tertiary/aromatic N) is 4. The van der Waals surface area contributed by atoms with Gasteiger partial charge in [0, 0.05) is 23.0 Å². The second-order valence-corrected chi connectivity index (χ2v) is 6.66. The SMILES string of the molecule is c1ccc2c(-c3nnc(SCc4noc(C5CC5)n4)o3)c[nH]c2c1. The smallest absolute Gasteiger partial charge is 0.277 e. The van der Waals surface area contributed by atoms with Crippen LogP contribution < -0.4 is 0 Å². The summed E-state index contributed by atoms with van der Waals surface area (Å²) in [7, 11) is 0. The molecule has 5 rings (SSSR count).